The molecular formula is C17H16ClN3O. The maximum atomic E-state index is 9.31. The first-order chi connectivity index (χ1) is 10.7. The number of rotatable bonds is 4. The molecule has 4 nitrogen and oxygen atoms in total. The number of anilines is 1. The van der Waals surface area contributed by atoms with Crippen LogP contribution in [-0.2, 0) is 13.2 Å². The molecule has 0 bridgehead atoms. The molecule has 0 aliphatic carbocycles. The van der Waals surface area contributed by atoms with Crippen LogP contribution in [0.2, 0.25) is 5.02 Å². The normalized spacial score (nSPS) is 10.9. The van der Waals surface area contributed by atoms with Crippen molar-refractivity contribution in [2.75, 3.05) is 5.32 Å². The summed E-state index contributed by atoms with van der Waals surface area (Å²) in [5.41, 5.74) is 2.78. The molecule has 0 aliphatic heterocycles. The molecular weight excluding hydrogens is 298 g/mol. The third kappa shape index (κ3) is 3.18. The summed E-state index contributed by atoms with van der Waals surface area (Å²) in [6.45, 7) is 2.48. The number of hydrogen-bond acceptors (Lipinski definition) is 4. The van der Waals surface area contributed by atoms with Crippen LogP contribution in [0.5, 0.6) is 0 Å². The van der Waals surface area contributed by atoms with Gasteiger partial charge in [-0.05, 0) is 42.3 Å². The number of hydrogen-bond donors (Lipinski definition) is 2. The quantitative estimate of drug-likeness (QED) is 0.771. The molecule has 0 amide bonds. The minimum absolute atomic E-state index is 0.00243. The van der Waals surface area contributed by atoms with Crippen LogP contribution in [0, 0.1) is 6.92 Å². The number of aliphatic hydroxyl groups excluding tert-OH is 1. The highest BCUT2D eigenvalue weighted by molar-refractivity contribution is 6.30. The maximum absolute atomic E-state index is 9.31. The van der Waals surface area contributed by atoms with Crippen molar-refractivity contribution in [2.24, 2.45) is 0 Å². The number of benzene rings is 2. The van der Waals surface area contributed by atoms with Crippen molar-refractivity contribution in [1.29, 1.82) is 0 Å². The number of aryl methyl sites for hydroxylation is 1. The predicted octanol–water partition coefficient (Wildman–Crippen LogP) is 3.70. The predicted molar refractivity (Wildman–Crippen MR) is 89.0 cm³/mol. The summed E-state index contributed by atoms with van der Waals surface area (Å²) in [4.78, 5) is 8.90. The Kier molecular flexibility index (Phi) is 4.22. The Balaban J connectivity index is 1.95. The van der Waals surface area contributed by atoms with Crippen molar-refractivity contribution in [1.82, 2.24) is 9.97 Å². The molecule has 3 aromatic rings. The van der Waals surface area contributed by atoms with E-state index >= 15 is 0 Å². The summed E-state index contributed by atoms with van der Waals surface area (Å²) < 4.78 is 0. The second-order valence-corrected chi connectivity index (χ2v) is 5.55. The van der Waals surface area contributed by atoms with Crippen LogP contribution < -0.4 is 5.32 Å². The fourth-order valence-electron chi connectivity index (χ4n) is 2.36. The summed E-state index contributed by atoms with van der Waals surface area (Å²) in [7, 11) is 0. The fourth-order valence-corrected chi connectivity index (χ4v) is 2.57. The molecule has 2 N–H and O–H groups in total. The highest BCUT2D eigenvalue weighted by Gasteiger charge is 2.07. The zero-order chi connectivity index (χ0) is 15.5. The molecule has 1 heterocycles. The van der Waals surface area contributed by atoms with Gasteiger partial charge in [-0.2, -0.15) is 0 Å². The average Bonchev–Trinajstić information content (AvgIpc) is 2.52. The standard InChI is InChI=1S/C17H16ClN3O/c1-11-20-16-6-5-13(10-22)8-15(16)17(21-11)19-9-12-3-2-4-14(18)7-12/h2-8,22H,9-10H2,1H3,(H,19,20,21). The van der Waals surface area contributed by atoms with Gasteiger partial charge in [0.1, 0.15) is 11.6 Å². The molecule has 0 saturated carbocycles. The van der Waals surface area contributed by atoms with E-state index in [2.05, 4.69) is 15.3 Å². The van der Waals surface area contributed by atoms with Crippen molar-refractivity contribution in [3.05, 3.63) is 64.4 Å². The van der Waals surface area contributed by atoms with Gasteiger partial charge in [0.25, 0.3) is 0 Å². The molecule has 22 heavy (non-hydrogen) atoms. The largest absolute Gasteiger partial charge is 0.392 e. The second-order valence-electron chi connectivity index (χ2n) is 5.11. The van der Waals surface area contributed by atoms with E-state index in [0.717, 1.165) is 27.8 Å². The SMILES string of the molecule is Cc1nc(NCc2cccc(Cl)c2)c2cc(CO)ccc2n1. The molecule has 112 valence electrons. The lowest BCUT2D eigenvalue weighted by Crippen LogP contribution is -2.04. The highest BCUT2D eigenvalue weighted by Crippen LogP contribution is 2.23. The number of nitrogens with zero attached hydrogens (tertiary/aromatic N) is 2. The first-order valence-electron chi connectivity index (χ1n) is 7.02. The monoisotopic (exact) mass is 313 g/mol. The molecule has 2 aromatic carbocycles. The Morgan fingerprint density at radius 3 is 2.73 bits per heavy atom. The van der Waals surface area contributed by atoms with Gasteiger partial charge in [-0.15, -0.1) is 0 Å². The average molecular weight is 314 g/mol. The van der Waals surface area contributed by atoms with Gasteiger partial charge in [-0.25, -0.2) is 9.97 Å². The molecule has 0 atom stereocenters. The summed E-state index contributed by atoms with van der Waals surface area (Å²) >= 11 is 6.01. The summed E-state index contributed by atoms with van der Waals surface area (Å²) in [5, 5.41) is 14.3. The summed E-state index contributed by atoms with van der Waals surface area (Å²) in [5.74, 6) is 1.47. The Labute approximate surface area is 133 Å². The Bertz CT molecular complexity index is 820. The van der Waals surface area contributed by atoms with Crippen LogP contribution in [0.15, 0.2) is 42.5 Å². The fraction of sp³-hybridized carbons (Fsp3) is 0.176. The van der Waals surface area contributed by atoms with Gasteiger partial charge in [0.15, 0.2) is 0 Å². The topological polar surface area (TPSA) is 58.0 Å². The smallest absolute Gasteiger partial charge is 0.137 e. The molecule has 0 aliphatic rings. The highest BCUT2D eigenvalue weighted by atomic mass is 35.5. The van der Waals surface area contributed by atoms with Crippen LogP contribution >= 0.6 is 11.6 Å². The van der Waals surface area contributed by atoms with E-state index in [9.17, 15) is 5.11 Å². The Morgan fingerprint density at radius 2 is 1.95 bits per heavy atom. The van der Waals surface area contributed by atoms with Crippen molar-refractivity contribution < 1.29 is 5.11 Å². The number of fused-ring (bicyclic) bond motifs is 1. The molecule has 0 fully saturated rings. The van der Waals surface area contributed by atoms with Crippen LogP contribution in [0.1, 0.15) is 17.0 Å². The Morgan fingerprint density at radius 1 is 1.09 bits per heavy atom. The van der Waals surface area contributed by atoms with E-state index in [0.29, 0.717) is 17.4 Å². The van der Waals surface area contributed by atoms with E-state index in [1.54, 1.807) is 0 Å². The third-order valence-electron chi connectivity index (χ3n) is 3.40. The van der Waals surface area contributed by atoms with Gasteiger partial charge >= 0.3 is 0 Å². The van der Waals surface area contributed by atoms with Crippen LogP contribution in [0.25, 0.3) is 10.9 Å². The van der Waals surface area contributed by atoms with Gasteiger partial charge in [-0.3, -0.25) is 0 Å². The van der Waals surface area contributed by atoms with Crippen molar-refractivity contribution in [3.8, 4) is 0 Å². The lowest BCUT2D eigenvalue weighted by atomic mass is 10.1. The molecule has 5 heteroatoms. The minimum Gasteiger partial charge on any atom is -0.392 e. The van der Waals surface area contributed by atoms with E-state index in [-0.39, 0.29) is 6.61 Å². The summed E-state index contributed by atoms with van der Waals surface area (Å²) in [6.07, 6.45) is 0. The number of aliphatic hydroxyl groups is 1. The molecule has 0 spiro atoms. The van der Waals surface area contributed by atoms with Crippen molar-refractivity contribution in [3.63, 3.8) is 0 Å². The van der Waals surface area contributed by atoms with Gasteiger partial charge in [0, 0.05) is 17.0 Å². The molecule has 0 saturated heterocycles. The van der Waals surface area contributed by atoms with Crippen LogP contribution in [0.3, 0.4) is 0 Å². The second kappa shape index (κ2) is 6.30. The third-order valence-corrected chi connectivity index (χ3v) is 3.64. The first kappa shape index (κ1) is 14.8. The maximum Gasteiger partial charge on any atom is 0.137 e. The number of aromatic nitrogens is 2. The first-order valence-corrected chi connectivity index (χ1v) is 7.40. The minimum atomic E-state index is -0.00243. The van der Waals surface area contributed by atoms with E-state index in [4.69, 9.17) is 11.6 Å². The van der Waals surface area contributed by atoms with Crippen LogP contribution in [0.4, 0.5) is 5.82 Å². The van der Waals surface area contributed by atoms with E-state index in [1.807, 2.05) is 49.4 Å². The summed E-state index contributed by atoms with van der Waals surface area (Å²) in [6, 6.07) is 13.4. The molecule has 1 aromatic heterocycles. The number of halogens is 1. The van der Waals surface area contributed by atoms with Gasteiger partial charge in [0.2, 0.25) is 0 Å². The van der Waals surface area contributed by atoms with Crippen molar-refractivity contribution in [2.45, 2.75) is 20.1 Å². The zero-order valence-corrected chi connectivity index (χ0v) is 12.9. The lowest BCUT2D eigenvalue weighted by Gasteiger charge is -2.11. The van der Waals surface area contributed by atoms with Gasteiger partial charge < -0.3 is 10.4 Å². The van der Waals surface area contributed by atoms with E-state index in [1.165, 1.54) is 0 Å². The molecule has 3 rings (SSSR count). The van der Waals surface area contributed by atoms with Crippen LogP contribution in [-0.4, -0.2) is 15.1 Å². The van der Waals surface area contributed by atoms with Gasteiger partial charge in [0.05, 0.1) is 12.1 Å². The zero-order valence-electron chi connectivity index (χ0n) is 12.2. The van der Waals surface area contributed by atoms with Crippen molar-refractivity contribution >= 4 is 28.3 Å². The molecule has 0 unspecified atom stereocenters. The van der Waals surface area contributed by atoms with E-state index < -0.39 is 0 Å². The molecule has 0 radical (unpaired) electrons. The number of nitrogens with one attached hydrogen (secondary N) is 1. The Hall–Kier alpha value is -2.17. The lowest BCUT2D eigenvalue weighted by molar-refractivity contribution is 0.282. The van der Waals surface area contributed by atoms with Gasteiger partial charge in [-0.1, -0.05) is 29.8 Å².